The number of aromatic nitrogens is 1. The van der Waals surface area contributed by atoms with Gasteiger partial charge in [0.1, 0.15) is 5.82 Å². The van der Waals surface area contributed by atoms with Crippen LogP contribution in [0.3, 0.4) is 0 Å². The summed E-state index contributed by atoms with van der Waals surface area (Å²) in [4.78, 5) is 13.2. The largest absolute Gasteiger partial charge is 0.350 e. The summed E-state index contributed by atoms with van der Waals surface area (Å²) in [6, 6.07) is 14.8. The molecule has 2 heterocycles. The number of nitro benzene ring substituents is 1. The number of halogens is 2. The molecule has 0 fully saturated rings. The molecule has 1 atom stereocenters. The van der Waals surface area contributed by atoms with Crippen molar-refractivity contribution in [1.82, 2.24) is 9.47 Å². The highest BCUT2D eigenvalue weighted by Crippen LogP contribution is 2.38. The number of nitro groups is 1. The predicted octanol–water partition coefficient (Wildman–Crippen LogP) is 5.18. The summed E-state index contributed by atoms with van der Waals surface area (Å²) in [6.07, 6.45) is 2.96. The second-order valence-corrected chi connectivity index (χ2v) is 7.35. The third-order valence-corrected chi connectivity index (χ3v) is 5.48. The summed E-state index contributed by atoms with van der Waals surface area (Å²) >= 11 is 6.50. The minimum Gasteiger partial charge on any atom is -0.350 e. The van der Waals surface area contributed by atoms with E-state index < -0.39 is 4.92 Å². The normalized spacial score (nSPS) is 17.1. The highest BCUT2D eigenvalue weighted by molar-refractivity contribution is 6.31. The van der Waals surface area contributed by atoms with E-state index >= 15 is 0 Å². The summed E-state index contributed by atoms with van der Waals surface area (Å²) in [6.45, 7) is 2.25. The Morgan fingerprint density at radius 1 is 1.14 bits per heavy atom. The van der Waals surface area contributed by atoms with Gasteiger partial charge in [-0.3, -0.25) is 15.0 Å². The lowest BCUT2D eigenvalue weighted by atomic mass is 10.00. The second-order valence-electron chi connectivity index (χ2n) is 6.94. The summed E-state index contributed by atoms with van der Waals surface area (Å²) in [5, 5.41) is 11.8. The Morgan fingerprint density at radius 3 is 2.68 bits per heavy atom. The van der Waals surface area contributed by atoms with Gasteiger partial charge in [0.25, 0.3) is 5.69 Å². The number of hydrogen-bond donors (Lipinski definition) is 0. The highest BCUT2D eigenvalue weighted by Gasteiger charge is 2.30. The fourth-order valence-corrected chi connectivity index (χ4v) is 4.07. The molecular formula is C21H19ClFN3O2. The van der Waals surface area contributed by atoms with Crippen LogP contribution in [0.5, 0.6) is 0 Å². The maximum atomic E-state index is 13.3. The molecule has 0 saturated carbocycles. The van der Waals surface area contributed by atoms with Crippen molar-refractivity contribution >= 4 is 17.3 Å². The lowest BCUT2D eigenvalue weighted by Crippen LogP contribution is -2.29. The van der Waals surface area contributed by atoms with Gasteiger partial charge in [-0.2, -0.15) is 0 Å². The Kier molecular flexibility index (Phi) is 5.15. The third-order valence-electron chi connectivity index (χ3n) is 5.14. The van der Waals surface area contributed by atoms with Gasteiger partial charge < -0.3 is 4.57 Å². The van der Waals surface area contributed by atoms with Crippen molar-refractivity contribution in [3.63, 3.8) is 0 Å². The molecule has 4 rings (SSSR count). The molecule has 0 aliphatic carbocycles. The molecule has 1 aromatic heterocycles. The Labute approximate surface area is 167 Å². The standard InChI is InChI=1S/C21H19ClFN3O2/c22-19-9-8-17(26(27)28)13-18(19)21-20-3-1-10-24(20)11-2-12-25(21)14-15-4-6-16(23)7-5-15/h1,3-10,13,21H,2,11-12,14H2/t21-/m0/s1. The van der Waals surface area contributed by atoms with Gasteiger partial charge >= 0.3 is 0 Å². The van der Waals surface area contributed by atoms with Gasteiger partial charge in [-0.15, -0.1) is 0 Å². The van der Waals surface area contributed by atoms with E-state index in [2.05, 4.69) is 9.47 Å². The number of aryl methyl sites for hydroxylation is 1. The van der Waals surface area contributed by atoms with Crippen molar-refractivity contribution in [2.45, 2.75) is 25.6 Å². The maximum absolute atomic E-state index is 13.3. The van der Waals surface area contributed by atoms with Crippen molar-refractivity contribution in [3.8, 4) is 0 Å². The Hall–Kier alpha value is -2.70. The smallest absolute Gasteiger partial charge is 0.269 e. The van der Waals surface area contributed by atoms with Crippen molar-refractivity contribution in [3.05, 3.63) is 98.6 Å². The van der Waals surface area contributed by atoms with Gasteiger partial charge in [-0.25, -0.2) is 4.39 Å². The van der Waals surface area contributed by atoms with Crippen LogP contribution in [0.25, 0.3) is 0 Å². The molecule has 0 amide bonds. The van der Waals surface area contributed by atoms with E-state index in [9.17, 15) is 14.5 Å². The van der Waals surface area contributed by atoms with Gasteiger partial charge in [-0.1, -0.05) is 23.7 Å². The van der Waals surface area contributed by atoms with Crippen molar-refractivity contribution < 1.29 is 9.31 Å². The molecule has 0 saturated heterocycles. The quantitative estimate of drug-likeness (QED) is 0.448. The zero-order chi connectivity index (χ0) is 19.7. The van der Waals surface area contributed by atoms with E-state index in [1.807, 2.05) is 18.3 Å². The Balaban J connectivity index is 1.80. The van der Waals surface area contributed by atoms with Crippen molar-refractivity contribution in [2.75, 3.05) is 6.54 Å². The van der Waals surface area contributed by atoms with Crippen LogP contribution in [-0.2, 0) is 13.1 Å². The van der Waals surface area contributed by atoms with E-state index in [4.69, 9.17) is 11.6 Å². The third kappa shape index (κ3) is 3.66. The molecule has 0 radical (unpaired) electrons. The molecule has 0 N–H and O–H groups in total. The Morgan fingerprint density at radius 2 is 1.93 bits per heavy atom. The van der Waals surface area contributed by atoms with Gasteiger partial charge in [0, 0.05) is 54.2 Å². The van der Waals surface area contributed by atoms with Gasteiger partial charge in [0.15, 0.2) is 0 Å². The van der Waals surface area contributed by atoms with Gasteiger partial charge in [0.05, 0.1) is 11.0 Å². The number of rotatable bonds is 4. The molecule has 28 heavy (non-hydrogen) atoms. The zero-order valence-electron chi connectivity index (χ0n) is 15.1. The number of nitrogens with zero attached hydrogens (tertiary/aromatic N) is 3. The summed E-state index contributed by atoms with van der Waals surface area (Å²) < 4.78 is 15.5. The molecule has 5 nitrogen and oxygen atoms in total. The first kappa shape index (κ1) is 18.7. The molecule has 144 valence electrons. The monoisotopic (exact) mass is 399 g/mol. The van der Waals surface area contributed by atoms with Crippen LogP contribution in [0.2, 0.25) is 5.02 Å². The van der Waals surface area contributed by atoms with E-state index in [0.29, 0.717) is 17.1 Å². The van der Waals surface area contributed by atoms with Gasteiger partial charge in [0.2, 0.25) is 0 Å². The zero-order valence-corrected chi connectivity index (χ0v) is 15.8. The number of benzene rings is 2. The average Bonchev–Trinajstić information content (AvgIpc) is 3.06. The van der Waals surface area contributed by atoms with E-state index in [0.717, 1.165) is 30.8 Å². The number of hydrogen-bond acceptors (Lipinski definition) is 3. The van der Waals surface area contributed by atoms with Crippen LogP contribution >= 0.6 is 11.6 Å². The van der Waals surface area contributed by atoms with Crippen LogP contribution in [0.15, 0.2) is 60.8 Å². The molecule has 3 aromatic rings. The first-order valence-electron chi connectivity index (χ1n) is 9.10. The predicted molar refractivity (Wildman–Crippen MR) is 106 cm³/mol. The molecule has 2 aromatic carbocycles. The number of non-ortho nitro benzene ring substituents is 1. The molecule has 0 bridgehead atoms. The van der Waals surface area contributed by atoms with E-state index in [1.165, 1.54) is 18.2 Å². The van der Waals surface area contributed by atoms with E-state index in [1.54, 1.807) is 24.3 Å². The average molecular weight is 400 g/mol. The molecule has 0 unspecified atom stereocenters. The molecule has 0 spiro atoms. The van der Waals surface area contributed by atoms with Crippen molar-refractivity contribution in [2.24, 2.45) is 0 Å². The fourth-order valence-electron chi connectivity index (χ4n) is 3.84. The lowest BCUT2D eigenvalue weighted by Gasteiger charge is -2.31. The topological polar surface area (TPSA) is 51.3 Å². The highest BCUT2D eigenvalue weighted by atomic mass is 35.5. The van der Waals surface area contributed by atoms with Crippen LogP contribution < -0.4 is 0 Å². The van der Waals surface area contributed by atoms with Crippen LogP contribution in [0.1, 0.15) is 29.3 Å². The second kappa shape index (κ2) is 7.73. The minimum absolute atomic E-state index is 0.0171. The van der Waals surface area contributed by atoms with Gasteiger partial charge in [-0.05, 0) is 42.3 Å². The maximum Gasteiger partial charge on any atom is 0.269 e. The molecule has 1 aliphatic heterocycles. The first-order valence-corrected chi connectivity index (χ1v) is 9.48. The molecular weight excluding hydrogens is 381 g/mol. The first-order chi connectivity index (χ1) is 13.5. The Bertz CT molecular complexity index is 1000. The molecule has 1 aliphatic rings. The minimum atomic E-state index is -0.403. The fraction of sp³-hybridized carbons (Fsp3) is 0.238. The number of fused-ring (bicyclic) bond motifs is 1. The SMILES string of the molecule is O=[N+]([O-])c1ccc(Cl)c([C@H]2c3cccn3CCCN2Cc2ccc(F)cc2)c1. The van der Waals surface area contributed by atoms with Crippen molar-refractivity contribution in [1.29, 1.82) is 0 Å². The van der Waals surface area contributed by atoms with Crippen LogP contribution in [-0.4, -0.2) is 20.9 Å². The summed E-state index contributed by atoms with van der Waals surface area (Å²) in [5.74, 6) is -0.272. The lowest BCUT2D eigenvalue weighted by molar-refractivity contribution is -0.384. The van der Waals surface area contributed by atoms with E-state index in [-0.39, 0.29) is 17.5 Å². The summed E-state index contributed by atoms with van der Waals surface area (Å²) in [7, 11) is 0. The summed E-state index contributed by atoms with van der Waals surface area (Å²) in [5.41, 5.74) is 2.75. The van der Waals surface area contributed by atoms with Crippen LogP contribution in [0, 0.1) is 15.9 Å². The van der Waals surface area contributed by atoms with Crippen LogP contribution in [0.4, 0.5) is 10.1 Å². The molecule has 7 heteroatoms.